The standard InChI is InChI=1S/C14H24O4/c1-11(2)14(16)17-10-8-6-5-7-9-13(15)18-12(3)4/h12H,1,5-10H2,2-4H3. The van der Waals surface area contributed by atoms with E-state index < -0.39 is 0 Å². The molecule has 0 spiro atoms. The van der Waals surface area contributed by atoms with E-state index in [1.165, 1.54) is 0 Å². The van der Waals surface area contributed by atoms with Crippen molar-refractivity contribution in [1.82, 2.24) is 0 Å². The Balaban J connectivity index is 3.34. The summed E-state index contributed by atoms with van der Waals surface area (Å²) in [6, 6.07) is 0. The fraction of sp³-hybridized carbons (Fsp3) is 0.714. The molecular formula is C14H24O4. The Bertz CT molecular complexity index is 282. The fourth-order valence-electron chi connectivity index (χ4n) is 1.33. The predicted octanol–water partition coefficient (Wildman–Crippen LogP) is 3.01. The molecule has 0 N–H and O–H groups in total. The number of hydrogen-bond acceptors (Lipinski definition) is 4. The van der Waals surface area contributed by atoms with E-state index >= 15 is 0 Å². The van der Waals surface area contributed by atoms with Crippen molar-refractivity contribution in [3.05, 3.63) is 12.2 Å². The quantitative estimate of drug-likeness (QED) is 0.361. The first-order chi connectivity index (χ1) is 8.43. The summed E-state index contributed by atoms with van der Waals surface area (Å²) in [4.78, 5) is 22.2. The zero-order valence-corrected chi connectivity index (χ0v) is 11.7. The van der Waals surface area contributed by atoms with Crippen LogP contribution in [0.25, 0.3) is 0 Å². The molecule has 0 amide bonds. The van der Waals surface area contributed by atoms with Gasteiger partial charge in [0.15, 0.2) is 0 Å². The van der Waals surface area contributed by atoms with Gasteiger partial charge in [0.25, 0.3) is 0 Å². The Hall–Kier alpha value is -1.32. The zero-order chi connectivity index (χ0) is 14.0. The van der Waals surface area contributed by atoms with E-state index in [0.29, 0.717) is 18.6 Å². The normalized spacial score (nSPS) is 10.2. The molecule has 0 bridgehead atoms. The SMILES string of the molecule is C=C(C)C(=O)OCCCCCCC(=O)OC(C)C. The summed E-state index contributed by atoms with van der Waals surface area (Å²) in [6.45, 7) is 9.23. The van der Waals surface area contributed by atoms with Crippen molar-refractivity contribution in [2.75, 3.05) is 6.61 Å². The first kappa shape index (κ1) is 16.7. The van der Waals surface area contributed by atoms with E-state index in [1.807, 2.05) is 13.8 Å². The van der Waals surface area contributed by atoms with Crippen LogP contribution in [0.5, 0.6) is 0 Å². The highest BCUT2D eigenvalue weighted by molar-refractivity contribution is 5.86. The van der Waals surface area contributed by atoms with Gasteiger partial charge in [-0.1, -0.05) is 19.4 Å². The van der Waals surface area contributed by atoms with Crippen LogP contribution in [0.2, 0.25) is 0 Å². The molecule has 18 heavy (non-hydrogen) atoms. The van der Waals surface area contributed by atoms with Gasteiger partial charge in [0.05, 0.1) is 12.7 Å². The predicted molar refractivity (Wildman–Crippen MR) is 70.1 cm³/mol. The van der Waals surface area contributed by atoms with Gasteiger partial charge in [0.2, 0.25) is 0 Å². The molecule has 0 saturated heterocycles. The first-order valence-corrected chi connectivity index (χ1v) is 6.45. The van der Waals surface area contributed by atoms with Gasteiger partial charge >= 0.3 is 11.9 Å². The number of carbonyl (C=O) groups is 2. The Morgan fingerprint density at radius 2 is 1.72 bits per heavy atom. The molecule has 0 aliphatic heterocycles. The minimum atomic E-state index is -0.337. The molecule has 0 radical (unpaired) electrons. The summed E-state index contributed by atoms with van der Waals surface area (Å²) in [5, 5.41) is 0. The molecule has 4 nitrogen and oxygen atoms in total. The lowest BCUT2D eigenvalue weighted by atomic mass is 10.1. The molecule has 0 aliphatic rings. The molecule has 0 aliphatic carbocycles. The molecule has 0 saturated carbocycles. The van der Waals surface area contributed by atoms with Crippen LogP contribution in [0.1, 0.15) is 52.9 Å². The van der Waals surface area contributed by atoms with E-state index in [0.717, 1.165) is 25.7 Å². The lowest BCUT2D eigenvalue weighted by Gasteiger charge is -2.07. The van der Waals surface area contributed by atoms with Gasteiger partial charge in [-0.3, -0.25) is 4.79 Å². The molecule has 0 aromatic heterocycles. The van der Waals surface area contributed by atoms with Gasteiger partial charge in [0, 0.05) is 12.0 Å². The van der Waals surface area contributed by atoms with E-state index in [4.69, 9.17) is 9.47 Å². The van der Waals surface area contributed by atoms with Crippen LogP contribution in [0.4, 0.5) is 0 Å². The van der Waals surface area contributed by atoms with Crippen LogP contribution in [-0.2, 0) is 19.1 Å². The van der Waals surface area contributed by atoms with E-state index in [1.54, 1.807) is 6.92 Å². The van der Waals surface area contributed by atoms with Crippen molar-refractivity contribution in [2.24, 2.45) is 0 Å². The van der Waals surface area contributed by atoms with Crippen LogP contribution in [0.15, 0.2) is 12.2 Å². The highest BCUT2D eigenvalue weighted by atomic mass is 16.5. The third-order valence-corrected chi connectivity index (χ3v) is 2.22. The first-order valence-electron chi connectivity index (χ1n) is 6.45. The highest BCUT2D eigenvalue weighted by Crippen LogP contribution is 2.06. The molecule has 0 aromatic rings. The number of esters is 2. The van der Waals surface area contributed by atoms with Crippen molar-refractivity contribution in [1.29, 1.82) is 0 Å². The topological polar surface area (TPSA) is 52.6 Å². The monoisotopic (exact) mass is 256 g/mol. The summed E-state index contributed by atoms with van der Waals surface area (Å²) in [5.74, 6) is -0.478. The van der Waals surface area contributed by atoms with Gasteiger partial charge in [-0.2, -0.15) is 0 Å². The van der Waals surface area contributed by atoms with Crippen molar-refractivity contribution < 1.29 is 19.1 Å². The van der Waals surface area contributed by atoms with E-state index in [-0.39, 0.29) is 18.0 Å². The van der Waals surface area contributed by atoms with Gasteiger partial charge in [0.1, 0.15) is 0 Å². The van der Waals surface area contributed by atoms with Crippen molar-refractivity contribution in [3.63, 3.8) is 0 Å². The molecule has 104 valence electrons. The average Bonchev–Trinajstić information content (AvgIpc) is 2.26. The second-order valence-electron chi connectivity index (χ2n) is 4.62. The largest absolute Gasteiger partial charge is 0.463 e. The smallest absolute Gasteiger partial charge is 0.333 e. The second-order valence-corrected chi connectivity index (χ2v) is 4.62. The van der Waals surface area contributed by atoms with Crippen molar-refractivity contribution in [3.8, 4) is 0 Å². The Labute approximate surface area is 109 Å². The summed E-state index contributed by atoms with van der Waals surface area (Å²) >= 11 is 0. The Morgan fingerprint density at radius 1 is 1.11 bits per heavy atom. The van der Waals surface area contributed by atoms with Crippen LogP contribution in [-0.4, -0.2) is 24.6 Å². The maximum absolute atomic E-state index is 11.2. The average molecular weight is 256 g/mol. The third-order valence-electron chi connectivity index (χ3n) is 2.22. The number of rotatable bonds is 9. The molecule has 0 aromatic carbocycles. The van der Waals surface area contributed by atoms with Crippen molar-refractivity contribution >= 4 is 11.9 Å². The third kappa shape index (κ3) is 9.87. The van der Waals surface area contributed by atoms with E-state index in [2.05, 4.69) is 6.58 Å². The van der Waals surface area contributed by atoms with E-state index in [9.17, 15) is 9.59 Å². The van der Waals surface area contributed by atoms with Crippen LogP contribution < -0.4 is 0 Å². The molecule has 0 atom stereocenters. The van der Waals surface area contributed by atoms with Crippen LogP contribution in [0.3, 0.4) is 0 Å². The maximum atomic E-state index is 11.2. The minimum absolute atomic E-state index is 0.0425. The van der Waals surface area contributed by atoms with Gasteiger partial charge in [-0.15, -0.1) is 0 Å². The van der Waals surface area contributed by atoms with Crippen LogP contribution in [0, 0.1) is 0 Å². The summed E-state index contributed by atoms with van der Waals surface area (Å²) in [5.41, 5.74) is 0.423. The lowest BCUT2D eigenvalue weighted by molar-refractivity contribution is -0.147. The zero-order valence-electron chi connectivity index (χ0n) is 11.7. The summed E-state index contributed by atoms with van der Waals surface area (Å²) in [7, 11) is 0. The van der Waals surface area contributed by atoms with Gasteiger partial charge in [-0.05, 0) is 33.6 Å². The van der Waals surface area contributed by atoms with Gasteiger partial charge in [-0.25, -0.2) is 4.79 Å². The second kappa shape index (κ2) is 9.68. The van der Waals surface area contributed by atoms with Gasteiger partial charge < -0.3 is 9.47 Å². The Kier molecular flexibility index (Phi) is 8.97. The molecule has 0 fully saturated rings. The number of unbranched alkanes of at least 4 members (excludes halogenated alkanes) is 3. The molecule has 0 rings (SSSR count). The highest BCUT2D eigenvalue weighted by Gasteiger charge is 2.05. The van der Waals surface area contributed by atoms with Crippen molar-refractivity contribution in [2.45, 2.75) is 59.0 Å². The number of hydrogen-bond donors (Lipinski definition) is 0. The summed E-state index contributed by atoms with van der Waals surface area (Å²) in [6.07, 6.45) is 3.94. The maximum Gasteiger partial charge on any atom is 0.333 e. The minimum Gasteiger partial charge on any atom is -0.463 e. The molecule has 0 unspecified atom stereocenters. The number of ether oxygens (including phenoxy) is 2. The summed E-state index contributed by atoms with van der Waals surface area (Å²) < 4.78 is 9.97. The Morgan fingerprint density at radius 3 is 2.28 bits per heavy atom. The molecule has 4 heteroatoms. The fourth-order valence-corrected chi connectivity index (χ4v) is 1.33. The number of carbonyl (C=O) groups excluding carboxylic acids is 2. The van der Waals surface area contributed by atoms with Crippen LogP contribution >= 0.6 is 0 Å². The lowest BCUT2D eigenvalue weighted by Crippen LogP contribution is -2.10. The molecule has 0 heterocycles. The molecular weight excluding hydrogens is 232 g/mol.